The van der Waals surface area contributed by atoms with Gasteiger partial charge in [-0.2, -0.15) is 0 Å². The van der Waals surface area contributed by atoms with Crippen molar-refractivity contribution < 1.29 is 4.42 Å². The lowest BCUT2D eigenvalue weighted by molar-refractivity contribution is 0.669. The predicted molar refractivity (Wildman–Crippen MR) is 203 cm³/mol. The number of para-hydroxylation sites is 2. The maximum Gasteiger partial charge on any atom is 0.136 e. The first-order chi connectivity index (χ1) is 23.8. The van der Waals surface area contributed by atoms with E-state index in [0.29, 0.717) is 0 Å². The van der Waals surface area contributed by atoms with Crippen molar-refractivity contribution in [1.29, 1.82) is 0 Å². The average molecular weight is 610 g/mol. The number of benzene rings is 9. The van der Waals surface area contributed by atoms with Crippen molar-refractivity contribution in [3.8, 4) is 27.9 Å². The van der Waals surface area contributed by atoms with Crippen LogP contribution in [0.15, 0.2) is 168 Å². The number of hydrogen-bond acceptors (Lipinski definition) is 1. The van der Waals surface area contributed by atoms with Gasteiger partial charge in [-0.25, -0.2) is 0 Å². The van der Waals surface area contributed by atoms with Gasteiger partial charge >= 0.3 is 0 Å². The van der Waals surface area contributed by atoms with E-state index in [1.807, 2.05) is 0 Å². The molecule has 0 N–H and O–H groups in total. The molecule has 0 fully saturated rings. The molecule has 9 aromatic carbocycles. The fourth-order valence-corrected chi connectivity index (χ4v) is 8.38. The predicted octanol–water partition coefficient (Wildman–Crippen LogP) is 12.9. The van der Waals surface area contributed by atoms with E-state index < -0.39 is 0 Å². The summed E-state index contributed by atoms with van der Waals surface area (Å²) < 4.78 is 8.76. The topological polar surface area (TPSA) is 18.1 Å². The summed E-state index contributed by atoms with van der Waals surface area (Å²) in [5.41, 5.74) is 10.4. The van der Waals surface area contributed by atoms with Gasteiger partial charge < -0.3 is 8.98 Å². The first-order valence-corrected chi connectivity index (χ1v) is 16.5. The zero-order chi connectivity index (χ0) is 31.3. The first kappa shape index (κ1) is 25.8. The normalized spacial score (nSPS) is 12.2. The molecule has 48 heavy (non-hydrogen) atoms. The molecule has 11 aromatic rings. The van der Waals surface area contributed by atoms with Crippen LogP contribution in [-0.2, 0) is 0 Å². The van der Waals surface area contributed by atoms with Gasteiger partial charge in [-0.1, -0.05) is 121 Å². The highest BCUT2D eigenvalue weighted by molar-refractivity contribution is 6.29. The van der Waals surface area contributed by atoms with Crippen molar-refractivity contribution in [3.05, 3.63) is 164 Å². The molecule has 222 valence electrons. The minimum atomic E-state index is 0.938. The van der Waals surface area contributed by atoms with Crippen LogP contribution in [0.2, 0.25) is 0 Å². The smallest absolute Gasteiger partial charge is 0.136 e. The van der Waals surface area contributed by atoms with E-state index in [1.165, 1.54) is 92.8 Å². The zero-order valence-corrected chi connectivity index (χ0v) is 25.9. The standard InChI is InChI=1S/C46H27NO/c1-2-12-30(13-3-1)47-39-19-9-8-14-31(39)32-23-22-29(27-40(32)47)43-33-15-4-6-17-35(33)45(36-18-7-5-16-34(36)43)37-25-26-42-46-38(37)24-21-28-11-10-20-41(48-42)44(28)46/h1-27H. The molecule has 2 aromatic heterocycles. The summed E-state index contributed by atoms with van der Waals surface area (Å²) in [4.78, 5) is 0. The van der Waals surface area contributed by atoms with Crippen molar-refractivity contribution in [2.75, 3.05) is 0 Å². The van der Waals surface area contributed by atoms with Gasteiger partial charge in [0.2, 0.25) is 0 Å². The summed E-state index contributed by atoms with van der Waals surface area (Å²) >= 11 is 0. The van der Waals surface area contributed by atoms with Crippen LogP contribution in [0.3, 0.4) is 0 Å². The van der Waals surface area contributed by atoms with Gasteiger partial charge in [0.05, 0.1) is 11.0 Å². The molecule has 0 amide bonds. The van der Waals surface area contributed by atoms with Crippen LogP contribution in [0.1, 0.15) is 0 Å². The van der Waals surface area contributed by atoms with E-state index >= 15 is 0 Å². The minimum Gasteiger partial charge on any atom is -0.456 e. The Bertz CT molecular complexity index is 2990. The lowest BCUT2D eigenvalue weighted by Gasteiger charge is -2.19. The molecule has 0 unspecified atom stereocenters. The molecular formula is C46H27NO. The maximum atomic E-state index is 6.35. The van der Waals surface area contributed by atoms with Crippen LogP contribution in [0.5, 0.6) is 0 Å². The quantitative estimate of drug-likeness (QED) is 0.144. The second-order valence-corrected chi connectivity index (χ2v) is 12.8. The van der Waals surface area contributed by atoms with Crippen LogP contribution in [0, 0.1) is 0 Å². The van der Waals surface area contributed by atoms with Crippen LogP contribution in [-0.4, -0.2) is 4.57 Å². The molecule has 0 spiro atoms. The number of aromatic nitrogens is 1. The largest absolute Gasteiger partial charge is 0.456 e. The van der Waals surface area contributed by atoms with Crippen molar-refractivity contribution in [2.24, 2.45) is 0 Å². The van der Waals surface area contributed by atoms with Crippen LogP contribution in [0.25, 0.3) is 104 Å². The molecule has 0 saturated heterocycles. The summed E-state index contributed by atoms with van der Waals surface area (Å²) in [7, 11) is 0. The Labute approximate surface area is 276 Å². The molecule has 0 radical (unpaired) electrons. The Morgan fingerprint density at radius 3 is 1.77 bits per heavy atom. The van der Waals surface area contributed by atoms with Gasteiger partial charge in [-0.3, -0.25) is 0 Å². The Balaban J connectivity index is 1.25. The highest BCUT2D eigenvalue weighted by Crippen LogP contribution is 2.48. The Kier molecular flexibility index (Phi) is 5.14. The average Bonchev–Trinajstić information content (AvgIpc) is 3.70. The van der Waals surface area contributed by atoms with Gasteiger partial charge in [0.15, 0.2) is 0 Å². The van der Waals surface area contributed by atoms with Gasteiger partial charge in [-0.05, 0) is 97.0 Å². The summed E-state index contributed by atoms with van der Waals surface area (Å²) in [6, 6.07) is 59.6. The second-order valence-electron chi connectivity index (χ2n) is 12.8. The van der Waals surface area contributed by atoms with Gasteiger partial charge in [0.1, 0.15) is 11.2 Å². The fraction of sp³-hybridized carbons (Fsp3) is 0. The van der Waals surface area contributed by atoms with Crippen LogP contribution < -0.4 is 0 Å². The maximum absolute atomic E-state index is 6.35. The van der Waals surface area contributed by atoms with Gasteiger partial charge in [0.25, 0.3) is 0 Å². The molecule has 0 aliphatic rings. The second kappa shape index (κ2) is 9.57. The van der Waals surface area contributed by atoms with E-state index in [4.69, 9.17) is 4.42 Å². The highest BCUT2D eigenvalue weighted by atomic mass is 16.3. The summed E-state index contributed by atoms with van der Waals surface area (Å²) in [6.45, 7) is 0. The third-order valence-corrected chi connectivity index (χ3v) is 10.3. The monoisotopic (exact) mass is 609 g/mol. The lowest BCUT2D eigenvalue weighted by atomic mass is 9.84. The SMILES string of the molecule is c1ccc(-n2c3ccccc3c3ccc(-c4c5ccccc5c(-c5ccc6oc7cccc8ccc5c6c87)c5ccccc45)cc32)cc1. The lowest BCUT2D eigenvalue weighted by Crippen LogP contribution is -1.94. The van der Waals surface area contributed by atoms with E-state index in [9.17, 15) is 0 Å². The number of hydrogen-bond donors (Lipinski definition) is 0. The molecule has 0 aliphatic heterocycles. The molecule has 0 saturated carbocycles. The van der Waals surface area contributed by atoms with Crippen molar-refractivity contribution >= 4 is 76.1 Å². The summed E-state index contributed by atoms with van der Waals surface area (Å²) in [6.07, 6.45) is 0. The molecule has 0 aliphatic carbocycles. The Morgan fingerprint density at radius 2 is 1.00 bits per heavy atom. The molecule has 0 atom stereocenters. The summed E-state index contributed by atoms with van der Waals surface area (Å²) in [5, 5.41) is 12.4. The molecule has 11 rings (SSSR count). The highest BCUT2D eigenvalue weighted by Gasteiger charge is 2.22. The molecule has 2 heteroatoms. The molecule has 0 bridgehead atoms. The minimum absolute atomic E-state index is 0.938. The van der Waals surface area contributed by atoms with Crippen LogP contribution in [0.4, 0.5) is 0 Å². The fourth-order valence-electron chi connectivity index (χ4n) is 8.38. The molecular weight excluding hydrogens is 583 g/mol. The Hall–Kier alpha value is -6.38. The Morgan fingerprint density at radius 1 is 0.375 bits per heavy atom. The number of fused-ring (bicyclic) bond motifs is 5. The van der Waals surface area contributed by atoms with Crippen LogP contribution >= 0.6 is 0 Å². The van der Waals surface area contributed by atoms with Gasteiger partial charge in [0, 0.05) is 27.2 Å². The van der Waals surface area contributed by atoms with E-state index in [1.54, 1.807) is 0 Å². The number of furan rings is 1. The van der Waals surface area contributed by atoms with E-state index in [2.05, 4.69) is 168 Å². The first-order valence-electron chi connectivity index (χ1n) is 16.5. The molecule has 2 nitrogen and oxygen atoms in total. The molecule has 2 heterocycles. The van der Waals surface area contributed by atoms with Gasteiger partial charge in [-0.15, -0.1) is 0 Å². The summed E-state index contributed by atoms with van der Waals surface area (Å²) in [5.74, 6) is 0. The van der Waals surface area contributed by atoms with Crippen molar-refractivity contribution in [1.82, 2.24) is 4.57 Å². The van der Waals surface area contributed by atoms with E-state index in [0.717, 1.165) is 11.2 Å². The number of rotatable bonds is 3. The number of nitrogens with zero attached hydrogens (tertiary/aromatic N) is 1. The zero-order valence-electron chi connectivity index (χ0n) is 25.9. The third kappa shape index (κ3) is 3.41. The van der Waals surface area contributed by atoms with Crippen molar-refractivity contribution in [2.45, 2.75) is 0 Å². The van der Waals surface area contributed by atoms with E-state index in [-0.39, 0.29) is 0 Å². The van der Waals surface area contributed by atoms with Crippen molar-refractivity contribution in [3.63, 3.8) is 0 Å². The third-order valence-electron chi connectivity index (χ3n) is 10.3.